The van der Waals surface area contributed by atoms with Gasteiger partial charge in [0.15, 0.2) is 5.78 Å². The van der Waals surface area contributed by atoms with Crippen LogP contribution in [0, 0.1) is 6.92 Å². The minimum atomic E-state index is -0.513. The Kier molecular flexibility index (Phi) is 6.45. The van der Waals surface area contributed by atoms with Crippen molar-refractivity contribution >= 4 is 63.2 Å². The van der Waals surface area contributed by atoms with Gasteiger partial charge >= 0.3 is 6.03 Å². The summed E-state index contributed by atoms with van der Waals surface area (Å²) in [5.74, 6) is -0.00731. The van der Waals surface area contributed by atoms with Crippen LogP contribution in [0.5, 0.6) is 0 Å². The van der Waals surface area contributed by atoms with E-state index >= 15 is 0 Å². The number of hydrogen-bond acceptors (Lipinski definition) is 5. The molecule has 4 rings (SSSR count). The van der Waals surface area contributed by atoms with E-state index in [1.54, 1.807) is 36.5 Å². The summed E-state index contributed by atoms with van der Waals surface area (Å²) in [6, 6.07) is 9.41. The van der Waals surface area contributed by atoms with Crippen molar-refractivity contribution in [2.75, 3.05) is 16.4 Å². The van der Waals surface area contributed by atoms with Crippen LogP contribution in [0.15, 0.2) is 48.9 Å². The van der Waals surface area contributed by atoms with Crippen LogP contribution in [-0.4, -0.2) is 26.3 Å². The maximum absolute atomic E-state index is 13.6. The third-order valence-electron chi connectivity index (χ3n) is 5.36. The first kappa shape index (κ1) is 23.5. The number of amides is 2. The number of nitrogens with one attached hydrogen (secondary N) is 2. The molecule has 0 atom stereocenters. The first-order valence-electron chi connectivity index (χ1n) is 10.4. The van der Waals surface area contributed by atoms with E-state index in [0.717, 1.165) is 5.56 Å². The Balaban J connectivity index is 1.65. The van der Waals surface area contributed by atoms with Crippen LogP contribution in [0.4, 0.5) is 22.0 Å². The molecule has 0 spiro atoms. The van der Waals surface area contributed by atoms with E-state index in [9.17, 15) is 9.59 Å². The van der Waals surface area contributed by atoms with Crippen LogP contribution < -0.4 is 16.4 Å². The molecule has 34 heavy (non-hydrogen) atoms. The normalized spacial score (nSPS) is 11.1. The second-order valence-corrected chi connectivity index (χ2v) is 8.91. The zero-order valence-electron chi connectivity index (χ0n) is 18.7. The first-order valence-corrected chi connectivity index (χ1v) is 11.2. The number of urea groups is 1. The fourth-order valence-electron chi connectivity index (χ4n) is 3.64. The van der Waals surface area contributed by atoms with Gasteiger partial charge < -0.3 is 20.9 Å². The molecule has 4 N–H and O–H groups in total. The maximum atomic E-state index is 13.6. The highest BCUT2D eigenvalue weighted by Gasteiger charge is 2.23. The second-order valence-electron chi connectivity index (χ2n) is 8.06. The van der Waals surface area contributed by atoms with Crippen molar-refractivity contribution in [3.8, 4) is 0 Å². The number of benzene rings is 2. The summed E-state index contributed by atoms with van der Waals surface area (Å²) in [7, 11) is 0. The molecule has 10 heteroatoms. The van der Waals surface area contributed by atoms with Gasteiger partial charge in [-0.2, -0.15) is 0 Å². The Bertz CT molecular complexity index is 1430. The lowest BCUT2D eigenvalue weighted by Gasteiger charge is -2.11. The number of anilines is 3. The van der Waals surface area contributed by atoms with Crippen molar-refractivity contribution in [3.05, 3.63) is 75.7 Å². The summed E-state index contributed by atoms with van der Waals surface area (Å²) in [6.45, 7) is 5.81. The number of nitrogens with zero attached hydrogens (tertiary/aromatic N) is 3. The van der Waals surface area contributed by atoms with Crippen LogP contribution in [0.3, 0.4) is 0 Å². The van der Waals surface area contributed by atoms with E-state index in [1.807, 2.05) is 25.3 Å². The minimum Gasteiger partial charge on any atom is -0.383 e. The number of nitrogens with two attached hydrogens (primary N) is 1. The van der Waals surface area contributed by atoms with Crippen molar-refractivity contribution in [2.24, 2.45) is 0 Å². The average Bonchev–Trinajstić information content (AvgIpc) is 3.18. The number of carbonyl (C=O) groups excluding carboxylic acids is 2. The lowest BCUT2D eigenvalue weighted by Crippen LogP contribution is -2.20. The van der Waals surface area contributed by atoms with E-state index < -0.39 is 6.03 Å². The minimum absolute atomic E-state index is 0.0656. The third-order valence-corrected chi connectivity index (χ3v) is 5.91. The number of fused-ring (bicyclic) bond motifs is 1. The van der Waals surface area contributed by atoms with Crippen LogP contribution in [0.1, 0.15) is 41.4 Å². The molecule has 8 nitrogen and oxygen atoms in total. The van der Waals surface area contributed by atoms with Crippen molar-refractivity contribution in [1.29, 1.82) is 0 Å². The van der Waals surface area contributed by atoms with Crippen molar-refractivity contribution in [1.82, 2.24) is 14.5 Å². The lowest BCUT2D eigenvalue weighted by molar-refractivity contribution is 0.103. The standard InChI is InChI=1S/C24H22Cl2N6O2/c1-12(2)32-10-17(20-22(27)28-11-29-23(20)32)21(33)16-9-15(6-4-13(16)3)30-24(34)31-19-7-5-14(25)8-18(19)26/h4-12H,1-3H3,(H2,27,28,29)(H2,30,31,34). The fourth-order valence-corrected chi connectivity index (χ4v) is 4.09. The predicted molar refractivity (Wildman–Crippen MR) is 136 cm³/mol. The molecule has 0 aliphatic heterocycles. The molecule has 0 saturated heterocycles. The zero-order chi connectivity index (χ0) is 24.6. The van der Waals surface area contributed by atoms with E-state index in [0.29, 0.717) is 43.6 Å². The summed E-state index contributed by atoms with van der Waals surface area (Å²) in [4.78, 5) is 34.5. The number of carbonyl (C=O) groups is 2. The fraction of sp³-hybridized carbons (Fsp3) is 0.167. The van der Waals surface area contributed by atoms with Gasteiger partial charge in [0.25, 0.3) is 0 Å². The summed E-state index contributed by atoms with van der Waals surface area (Å²) >= 11 is 12.0. The second kappa shape index (κ2) is 9.32. The average molecular weight is 497 g/mol. The van der Waals surface area contributed by atoms with Gasteiger partial charge in [0.1, 0.15) is 17.8 Å². The number of ketones is 1. The van der Waals surface area contributed by atoms with Gasteiger partial charge in [-0.05, 0) is 56.7 Å². The van der Waals surface area contributed by atoms with Crippen LogP contribution in [-0.2, 0) is 0 Å². The molecule has 2 aromatic carbocycles. The van der Waals surface area contributed by atoms with E-state index in [-0.39, 0.29) is 17.6 Å². The molecule has 4 aromatic rings. The Labute approximate surface area is 206 Å². The molecule has 2 aromatic heterocycles. The smallest absolute Gasteiger partial charge is 0.323 e. The Morgan fingerprint density at radius 3 is 2.50 bits per heavy atom. The Hall–Kier alpha value is -3.62. The maximum Gasteiger partial charge on any atom is 0.323 e. The molecule has 0 aliphatic carbocycles. The quantitative estimate of drug-likeness (QED) is 0.289. The van der Waals surface area contributed by atoms with Gasteiger partial charge in [0, 0.05) is 28.5 Å². The Morgan fingerprint density at radius 2 is 1.79 bits per heavy atom. The molecule has 0 aliphatic rings. The van der Waals surface area contributed by atoms with Crippen molar-refractivity contribution in [2.45, 2.75) is 26.8 Å². The molecule has 0 saturated carbocycles. The van der Waals surface area contributed by atoms with Crippen LogP contribution >= 0.6 is 23.2 Å². The Morgan fingerprint density at radius 1 is 1.03 bits per heavy atom. The summed E-state index contributed by atoms with van der Waals surface area (Å²) in [5.41, 5.74) is 9.13. The molecule has 2 amide bonds. The highest BCUT2D eigenvalue weighted by molar-refractivity contribution is 6.36. The van der Waals surface area contributed by atoms with Gasteiger partial charge in [-0.3, -0.25) is 4.79 Å². The monoisotopic (exact) mass is 496 g/mol. The van der Waals surface area contributed by atoms with Gasteiger partial charge in [-0.15, -0.1) is 0 Å². The molecule has 174 valence electrons. The molecular formula is C24H22Cl2N6O2. The molecular weight excluding hydrogens is 475 g/mol. The van der Waals surface area contributed by atoms with Gasteiger partial charge in [0.2, 0.25) is 0 Å². The lowest BCUT2D eigenvalue weighted by atomic mass is 9.98. The molecule has 0 unspecified atom stereocenters. The van der Waals surface area contributed by atoms with Gasteiger partial charge in [-0.1, -0.05) is 29.3 Å². The van der Waals surface area contributed by atoms with Gasteiger partial charge in [-0.25, -0.2) is 14.8 Å². The summed E-state index contributed by atoms with van der Waals surface area (Å²) in [5, 5.41) is 6.67. The summed E-state index contributed by atoms with van der Waals surface area (Å²) < 4.78 is 1.89. The van der Waals surface area contributed by atoms with Crippen LogP contribution in [0.25, 0.3) is 11.0 Å². The SMILES string of the molecule is Cc1ccc(NC(=O)Nc2ccc(Cl)cc2Cl)cc1C(=O)c1cn(C(C)C)c2ncnc(N)c12. The molecule has 0 bridgehead atoms. The molecule has 0 fully saturated rings. The van der Waals surface area contributed by atoms with E-state index in [1.165, 1.54) is 12.4 Å². The zero-order valence-corrected chi connectivity index (χ0v) is 20.2. The summed E-state index contributed by atoms with van der Waals surface area (Å²) in [6.07, 6.45) is 3.13. The highest BCUT2D eigenvalue weighted by atomic mass is 35.5. The third kappa shape index (κ3) is 4.55. The number of aryl methyl sites for hydroxylation is 1. The molecule has 2 heterocycles. The number of hydrogen-bond donors (Lipinski definition) is 3. The number of aromatic nitrogens is 3. The van der Waals surface area contributed by atoms with Crippen molar-refractivity contribution < 1.29 is 9.59 Å². The predicted octanol–water partition coefficient (Wildman–Crippen LogP) is 6.08. The number of nitrogen functional groups attached to an aromatic ring is 1. The van der Waals surface area contributed by atoms with Gasteiger partial charge in [0.05, 0.1) is 21.7 Å². The van der Waals surface area contributed by atoms with E-state index in [2.05, 4.69) is 20.6 Å². The largest absolute Gasteiger partial charge is 0.383 e. The number of halogens is 2. The molecule has 0 radical (unpaired) electrons. The highest BCUT2D eigenvalue weighted by Crippen LogP contribution is 2.30. The van der Waals surface area contributed by atoms with Crippen molar-refractivity contribution in [3.63, 3.8) is 0 Å². The van der Waals surface area contributed by atoms with Crippen LogP contribution in [0.2, 0.25) is 10.0 Å². The van der Waals surface area contributed by atoms with E-state index in [4.69, 9.17) is 28.9 Å². The topological polar surface area (TPSA) is 115 Å². The number of rotatable bonds is 5. The first-order chi connectivity index (χ1) is 16.2.